The maximum Gasteiger partial charge on any atom is 0.161 e. The van der Waals surface area contributed by atoms with Gasteiger partial charge in [-0.1, -0.05) is 78.4 Å². The largest absolute Gasteiger partial charge is 0.343 e. The molecule has 1 aliphatic heterocycles. The Morgan fingerprint density at radius 2 is 1.27 bits per heavy atom. The van der Waals surface area contributed by atoms with Crippen molar-refractivity contribution in [3.63, 3.8) is 0 Å². The Bertz CT molecular complexity index is 1640. The van der Waals surface area contributed by atoms with Crippen LogP contribution in [0.3, 0.4) is 0 Å². The van der Waals surface area contributed by atoms with E-state index >= 15 is 0 Å². The summed E-state index contributed by atoms with van der Waals surface area (Å²) in [6.45, 7) is 3.55. The molecule has 2 aliphatic carbocycles. The predicted octanol–water partition coefficient (Wildman–Crippen LogP) is 7.61. The quantitative estimate of drug-likeness (QED) is 0.269. The highest BCUT2D eigenvalue weighted by atomic mass is 16.1. The molecule has 40 heavy (non-hydrogen) atoms. The Morgan fingerprint density at radius 3 is 1.95 bits per heavy atom. The van der Waals surface area contributed by atoms with Gasteiger partial charge in [-0.15, -0.1) is 0 Å². The van der Waals surface area contributed by atoms with Gasteiger partial charge in [-0.05, 0) is 55.4 Å². The van der Waals surface area contributed by atoms with Crippen LogP contribution in [0.4, 0.5) is 0 Å². The molecule has 4 nitrogen and oxygen atoms in total. The summed E-state index contributed by atoms with van der Waals surface area (Å²) < 4.78 is 2.30. The van der Waals surface area contributed by atoms with Crippen molar-refractivity contribution in [2.75, 3.05) is 0 Å². The summed E-state index contributed by atoms with van der Waals surface area (Å²) in [7, 11) is 0. The van der Waals surface area contributed by atoms with E-state index in [1.165, 1.54) is 16.7 Å². The van der Waals surface area contributed by atoms with Gasteiger partial charge in [0.2, 0.25) is 0 Å². The van der Waals surface area contributed by atoms with Crippen molar-refractivity contribution in [3.05, 3.63) is 130 Å². The minimum absolute atomic E-state index is 0.199. The molecular weight excluding hydrogens is 492 g/mol. The minimum Gasteiger partial charge on any atom is -0.343 e. The summed E-state index contributed by atoms with van der Waals surface area (Å²) in [4.78, 5) is 30.0. The second-order valence-corrected chi connectivity index (χ2v) is 11.5. The molecule has 4 aromatic rings. The summed E-state index contributed by atoms with van der Waals surface area (Å²) in [5.41, 5.74) is 9.89. The monoisotopic (exact) mass is 526 g/mol. The Kier molecular flexibility index (Phi) is 6.27. The van der Waals surface area contributed by atoms with Gasteiger partial charge in [-0.2, -0.15) is 0 Å². The first-order valence-corrected chi connectivity index (χ1v) is 14.6. The number of Topliss-reactive ketones (excluding diaryl/α,β-unsaturated/α-hetero) is 2. The van der Waals surface area contributed by atoms with Crippen LogP contribution >= 0.6 is 0 Å². The average Bonchev–Trinajstić information content (AvgIpc) is 3.33. The van der Waals surface area contributed by atoms with E-state index in [0.29, 0.717) is 19.4 Å². The van der Waals surface area contributed by atoms with E-state index in [0.717, 1.165) is 71.2 Å². The third-order valence-corrected chi connectivity index (χ3v) is 8.87. The van der Waals surface area contributed by atoms with Crippen LogP contribution in [0.2, 0.25) is 0 Å². The zero-order valence-electron chi connectivity index (χ0n) is 23.0. The summed E-state index contributed by atoms with van der Waals surface area (Å²) in [5.74, 6) is 0.0935. The van der Waals surface area contributed by atoms with Crippen LogP contribution in [0.15, 0.2) is 108 Å². The third kappa shape index (κ3) is 4.23. The zero-order chi connectivity index (χ0) is 27.2. The normalized spacial score (nSPS) is 18.0. The second-order valence-electron chi connectivity index (χ2n) is 11.5. The first-order chi connectivity index (χ1) is 19.6. The smallest absolute Gasteiger partial charge is 0.161 e. The number of aryl methyl sites for hydroxylation is 1. The van der Waals surface area contributed by atoms with Crippen LogP contribution in [-0.2, 0) is 22.7 Å². The van der Waals surface area contributed by atoms with E-state index in [1.54, 1.807) is 0 Å². The molecule has 1 aromatic heterocycles. The van der Waals surface area contributed by atoms with E-state index in [1.807, 2.05) is 6.07 Å². The molecule has 4 heteroatoms. The van der Waals surface area contributed by atoms with Crippen molar-refractivity contribution in [1.29, 1.82) is 0 Å². The van der Waals surface area contributed by atoms with Crippen molar-refractivity contribution < 1.29 is 9.59 Å². The maximum absolute atomic E-state index is 13.8. The van der Waals surface area contributed by atoms with Crippen LogP contribution < -0.4 is 0 Å². The molecule has 200 valence electrons. The first-order valence-electron chi connectivity index (χ1n) is 14.6. The number of allylic oxidation sites excluding steroid dienone is 4. The van der Waals surface area contributed by atoms with E-state index in [-0.39, 0.29) is 17.5 Å². The van der Waals surface area contributed by atoms with Crippen molar-refractivity contribution in [2.45, 2.75) is 64.5 Å². The lowest BCUT2D eigenvalue weighted by Crippen LogP contribution is -2.38. The van der Waals surface area contributed by atoms with Crippen LogP contribution in [-0.4, -0.2) is 21.0 Å². The molecule has 3 aromatic carbocycles. The lowest BCUT2D eigenvalue weighted by molar-refractivity contribution is -0.117. The molecule has 0 radical (unpaired) electrons. The van der Waals surface area contributed by atoms with Gasteiger partial charge < -0.3 is 9.47 Å². The molecule has 0 spiro atoms. The van der Waals surface area contributed by atoms with Crippen LogP contribution in [0.25, 0.3) is 10.9 Å². The van der Waals surface area contributed by atoms with E-state index in [4.69, 9.17) is 0 Å². The van der Waals surface area contributed by atoms with Gasteiger partial charge in [0.15, 0.2) is 11.6 Å². The summed E-state index contributed by atoms with van der Waals surface area (Å²) in [6.07, 6.45) is 6.79. The Hall–Kier alpha value is -4.18. The van der Waals surface area contributed by atoms with Gasteiger partial charge in [-0.25, -0.2) is 0 Å². The van der Waals surface area contributed by atoms with Crippen LogP contribution in [0.1, 0.15) is 66.7 Å². The summed E-state index contributed by atoms with van der Waals surface area (Å²) in [6, 6.07) is 27.6. The van der Waals surface area contributed by atoms with E-state index in [9.17, 15) is 9.59 Å². The number of fused-ring (bicyclic) bond motifs is 1. The Morgan fingerprint density at radius 1 is 0.675 bits per heavy atom. The number of para-hydroxylation sites is 1. The fourth-order valence-corrected chi connectivity index (χ4v) is 7.01. The molecular formula is C36H34N2O2. The fraction of sp³-hybridized carbons (Fsp3) is 0.278. The molecule has 0 fully saturated rings. The molecule has 3 aliphatic rings. The van der Waals surface area contributed by atoms with Gasteiger partial charge >= 0.3 is 0 Å². The highest BCUT2D eigenvalue weighted by molar-refractivity contribution is 6.07. The molecule has 0 saturated carbocycles. The predicted molar refractivity (Wildman–Crippen MR) is 159 cm³/mol. The standard InChI is InChI=1S/C36H34N2O2/c1-24-17-19-26(20-18-24)21-37-23-28(27-11-5-6-12-29(27)37)34-35-30(13-7-15-32(35)39)38(22-25-9-3-2-4-10-25)31-14-8-16-33(40)36(31)34/h2-6,9-12,17-20,23,34H,7-8,13-16,21-22H2,1H3. The van der Waals surface area contributed by atoms with E-state index < -0.39 is 0 Å². The lowest BCUT2D eigenvalue weighted by atomic mass is 9.71. The molecule has 0 N–H and O–H groups in total. The molecule has 0 bridgehead atoms. The minimum atomic E-state index is -0.304. The Balaban J connectivity index is 1.42. The molecule has 0 saturated heterocycles. The van der Waals surface area contributed by atoms with Crippen LogP contribution in [0, 0.1) is 6.92 Å². The number of hydrogen-bond donors (Lipinski definition) is 0. The fourth-order valence-electron chi connectivity index (χ4n) is 7.01. The van der Waals surface area contributed by atoms with Gasteiger partial charge in [-0.3, -0.25) is 9.59 Å². The molecule has 0 atom stereocenters. The highest BCUT2D eigenvalue weighted by Crippen LogP contribution is 2.51. The van der Waals surface area contributed by atoms with Crippen LogP contribution in [0.5, 0.6) is 0 Å². The number of benzene rings is 3. The van der Waals surface area contributed by atoms with Crippen molar-refractivity contribution in [2.24, 2.45) is 0 Å². The summed E-state index contributed by atoms with van der Waals surface area (Å²) in [5, 5.41) is 1.13. The molecule has 7 rings (SSSR count). The number of rotatable bonds is 5. The SMILES string of the molecule is Cc1ccc(Cn2cc(C3C4=C(CCCC4=O)N(Cc4ccccc4)C4=C3C(=O)CCC4)c3ccccc32)cc1. The van der Waals surface area contributed by atoms with Gasteiger partial charge in [0.25, 0.3) is 0 Å². The number of ketones is 2. The maximum atomic E-state index is 13.8. The number of aromatic nitrogens is 1. The zero-order valence-corrected chi connectivity index (χ0v) is 23.0. The van der Waals surface area contributed by atoms with Crippen molar-refractivity contribution >= 4 is 22.5 Å². The molecule has 0 amide bonds. The third-order valence-electron chi connectivity index (χ3n) is 8.87. The lowest BCUT2D eigenvalue weighted by Gasteiger charge is -2.44. The number of hydrogen-bond acceptors (Lipinski definition) is 3. The van der Waals surface area contributed by atoms with Crippen molar-refractivity contribution in [1.82, 2.24) is 9.47 Å². The number of carbonyl (C=O) groups is 2. The number of nitrogens with zero attached hydrogens (tertiary/aromatic N) is 2. The molecule has 0 unspecified atom stereocenters. The van der Waals surface area contributed by atoms with E-state index in [2.05, 4.69) is 95.4 Å². The van der Waals surface area contributed by atoms with Gasteiger partial charge in [0.1, 0.15) is 0 Å². The summed E-state index contributed by atoms with van der Waals surface area (Å²) >= 11 is 0. The second kappa shape index (κ2) is 10.1. The first kappa shape index (κ1) is 24.8. The topological polar surface area (TPSA) is 42.3 Å². The Labute approximate surface area is 235 Å². The molecule has 2 heterocycles. The van der Waals surface area contributed by atoms with Crippen molar-refractivity contribution in [3.8, 4) is 0 Å². The van der Waals surface area contributed by atoms with Gasteiger partial charge in [0.05, 0.1) is 0 Å². The highest BCUT2D eigenvalue weighted by Gasteiger charge is 2.44. The van der Waals surface area contributed by atoms with Gasteiger partial charge in [0, 0.05) is 71.5 Å². The average molecular weight is 527 g/mol. The number of carbonyl (C=O) groups excluding carboxylic acids is 2.